The molecule has 0 saturated carbocycles. The summed E-state index contributed by atoms with van der Waals surface area (Å²) in [4.78, 5) is 0. The van der Waals surface area contributed by atoms with Crippen LogP contribution in [0.4, 0.5) is 0 Å². The molecule has 2 N–H and O–H groups in total. The third-order valence-corrected chi connectivity index (χ3v) is 3.10. The van der Waals surface area contributed by atoms with E-state index in [1.54, 1.807) is 19.4 Å². The first-order chi connectivity index (χ1) is 8.76. The lowest BCUT2D eigenvalue weighted by Crippen LogP contribution is -2.03. The topological polar surface area (TPSA) is 71.0 Å². The molecule has 1 aromatic heterocycles. The van der Waals surface area contributed by atoms with Crippen LogP contribution in [0.15, 0.2) is 24.4 Å². The minimum atomic E-state index is 0.199. The van der Waals surface area contributed by atoms with Gasteiger partial charge in [0.2, 0.25) is 0 Å². The van der Waals surface area contributed by atoms with Crippen LogP contribution in [0.2, 0.25) is 0 Å². The summed E-state index contributed by atoms with van der Waals surface area (Å²) >= 11 is 0. The monoisotopic (exact) mass is 247 g/mol. The Balaban J connectivity index is 2.27. The van der Waals surface area contributed by atoms with Gasteiger partial charge in [0, 0.05) is 12.0 Å². The summed E-state index contributed by atoms with van der Waals surface area (Å²) in [5.74, 6) is 0.923. The minimum absolute atomic E-state index is 0.199. The van der Waals surface area contributed by atoms with Gasteiger partial charge in [-0.05, 0) is 18.4 Å². The van der Waals surface area contributed by atoms with Crippen LogP contribution in [0.5, 0.6) is 11.5 Å². The summed E-state index contributed by atoms with van der Waals surface area (Å²) < 4.78 is 5.13. The van der Waals surface area contributed by atoms with Crippen LogP contribution in [-0.4, -0.2) is 27.6 Å². The van der Waals surface area contributed by atoms with Gasteiger partial charge < -0.3 is 9.84 Å². The predicted octanol–water partition coefficient (Wildman–Crippen LogP) is 2.26. The van der Waals surface area contributed by atoms with E-state index in [2.05, 4.69) is 22.3 Å². The van der Waals surface area contributed by atoms with Gasteiger partial charge in [0.1, 0.15) is 0 Å². The van der Waals surface area contributed by atoms with E-state index in [1.807, 2.05) is 12.1 Å². The van der Waals surface area contributed by atoms with E-state index in [1.165, 1.54) is 0 Å². The van der Waals surface area contributed by atoms with Gasteiger partial charge in [-0.3, -0.25) is 0 Å². The van der Waals surface area contributed by atoms with E-state index < -0.39 is 0 Å². The first-order valence-corrected chi connectivity index (χ1v) is 5.96. The van der Waals surface area contributed by atoms with Gasteiger partial charge in [-0.2, -0.15) is 15.4 Å². The van der Waals surface area contributed by atoms with Gasteiger partial charge in [0.15, 0.2) is 11.5 Å². The summed E-state index contributed by atoms with van der Waals surface area (Å²) in [6, 6.07) is 5.56. The van der Waals surface area contributed by atoms with Crippen molar-refractivity contribution in [1.29, 1.82) is 0 Å². The quantitative estimate of drug-likeness (QED) is 0.850. The van der Waals surface area contributed by atoms with Gasteiger partial charge in [0.25, 0.3) is 0 Å². The van der Waals surface area contributed by atoms with Crippen molar-refractivity contribution < 1.29 is 9.84 Å². The molecule has 1 heterocycles. The molecule has 0 saturated heterocycles. The smallest absolute Gasteiger partial charge is 0.161 e. The molecule has 0 bridgehead atoms. The van der Waals surface area contributed by atoms with Gasteiger partial charge in [-0.1, -0.05) is 19.1 Å². The summed E-state index contributed by atoms with van der Waals surface area (Å²) in [5, 5.41) is 20.6. The van der Waals surface area contributed by atoms with Crippen molar-refractivity contribution in [3.05, 3.63) is 35.7 Å². The highest BCUT2D eigenvalue weighted by molar-refractivity contribution is 5.47. The Hall–Kier alpha value is -2.04. The highest BCUT2D eigenvalue weighted by Gasteiger charge is 2.17. The number of aromatic hydroxyl groups is 1. The average Bonchev–Trinajstić information content (AvgIpc) is 2.89. The lowest BCUT2D eigenvalue weighted by molar-refractivity contribution is 0.367. The van der Waals surface area contributed by atoms with Crippen molar-refractivity contribution in [1.82, 2.24) is 15.4 Å². The lowest BCUT2D eigenvalue weighted by Gasteiger charge is -2.16. The molecule has 5 heteroatoms. The molecule has 5 nitrogen and oxygen atoms in total. The number of hydrogen-bond donors (Lipinski definition) is 2. The molecule has 1 unspecified atom stereocenters. The molecule has 1 aromatic carbocycles. The highest BCUT2D eigenvalue weighted by Crippen LogP contribution is 2.36. The fourth-order valence-electron chi connectivity index (χ4n) is 2.08. The number of hydrogen-bond acceptors (Lipinski definition) is 4. The van der Waals surface area contributed by atoms with Gasteiger partial charge in [0.05, 0.1) is 19.0 Å². The maximum atomic E-state index is 10.2. The Bertz CT molecular complexity index is 497. The van der Waals surface area contributed by atoms with Crippen LogP contribution >= 0.6 is 0 Å². The maximum Gasteiger partial charge on any atom is 0.161 e. The number of aromatic nitrogens is 3. The first-order valence-electron chi connectivity index (χ1n) is 5.96. The number of benzene rings is 1. The second-order valence-corrected chi connectivity index (χ2v) is 4.17. The molecule has 0 fully saturated rings. The summed E-state index contributed by atoms with van der Waals surface area (Å²) in [6.07, 6.45) is 3.36. The summed E-state index contributed by atoms with van der Waals surface area (Å²) in [6.45, 7) is 2.09. The predicted molar refractivity (Wildman–Crippen MR) is 67.8 cm³/mol. The van der Waals surface area contributed by atoms with Crippen LogP contribution in [0.25, 0.3) is 0 Å². The van der Waals surface area contributed by atoms with Crippen molar-refractivity contribution >= 4 is 0 Å². The van der Waals surface area contributed by atoms with E-state index in [0.29, 0.717) is 5.75 Å². The molecule has 0 aliphatic heterocycles. The van der Waals surface area contributed by atoms with E-state index in [4.69, 9.17) is 4.74 Å². The molecule has 1 atom stereocenters. The van der Waals surface area contributed by atoms with Crippen molar-refractivity contribution in [2.45, 2.75) is 25.7 Å². The Labute approximate surface area is 106 Å². The van der Waals surface area contributed by atoms with Crippen molar-refractivity contribution in [3.8, 4) is 11.5 Å². The van der Waals surface area contributed by atoms with E-state index >= 15 is 0 Å². The number of ether oxygens (including phenoxy) is 1. The molecule has 0 radical (unpaired) electrons. The number of phenols is 1. The second kappa shape index (κ2) is 5.53. The summed E-state index contributed by atoms with van der Waals surface area (Å²) in [5.41, 5.74) is 1.78. The number of nitrogens with one attached hydrogen (secondary N) is 1. The average molecular weight is 247 g/mol. The van der Waals surface area contributed by atoms with Gasteiger partial charge >= 0.3 is 0 Å². The highest BCUT2D eigenvalue weighted by atomic mass is 16.5. The molecule has 0 aliphatic rings. The van der Waals surface area contributed by atoms with Crippen LogP contribution in [-0.2, 0) is 6.42 Å². The molecule has 0 spiro atoms. The van der Waals surface area contributed by atoms with Gasteiger partial charge in [-0.15, -0.1) is 0 Å². The van der Waals surface area contributed by atoms with Crippen molar-refractivity contribution in [3.63, 3.8) is 0 Å². The molecule has 0 amide bonds. The number of methoxy groups -OCH3 is 1. The van der Waals surface area contributed by atoms with Crippen LogP contribution in [0.3, 0.4) is 0 Å². The zero-order valence-electron chi connectivity index (χ0n) is 10.6. The minimum Gasteiger partial charge on any atom is -0.504 e. The number of rotatable bonds is 5. The number of para-hydroxylation sites is 1. The van der Waals surface area contributed by atoms with Crippen LogP contribution < -0.4 is 4.74 Å². The lowest BCUT2D eigenvalue weighted by atomic mass is 9.91. The Kier molecular flexibility index (Phi) is 3.82. The Morgan fingerprint density at radius 2 is 2.28 bits per heavy atom. The normalized spacial score (nSPS) is 12.3. The fourth-order valence-corrected chi connectivity index (χ4v) is 2.08. The van der Waals surface area contributed by atoms with E-state index in [0.717, 1.165) is 24.1 Å². The van der Waals surface area contributed by atoms with E-state index in [9.17, 15) is 5.11 Å². The Morgan fingerprint density at radius 3 is 2.89 bits per heavy atom. The number of H-pyrrole nitrogens is 1. The molecule has 18 heavy (non-hydrogen) atoms. The fraction of sp³-hybridized carbons (Fsp3) is 0.385. The largest absolute Gasteiger partial charge is 0.504 e. The molecule has 2 rings (SSSR count). The van der Waals surface area contributed by atoms with E-state index in [-0.39, 0.29) is 11.7 Å². The zero-order chi connectivity index (χ0) is 13.0. The third-order valence-electron chi connectivity index (χ3n) is 3.10. The molecular formula is C13H17N3O2. The Morgan fingerprint density at radius 1 is 1.44 bits per heavy atom. The van der Waals surface area contributed by atoms with Crippen molar-refractivity contribution in [2.75, 3.05) is 7.11 Å². The van der Waals surface area contributed by atoms with Gasteiger partial charge in [-0.25, -0.2) is 0 Å². The summed E-state index contributed by atoms with van der Waals surface area (Å²) in [7, 11) is 1.55. The zero-order valence-corrected chi connectivity index (χ0v) is 10.6. The third kappa shape index (κ3) is 2.45. The number of phenolic OH excluding ortho intramolecular Hbond substituents is 1. The SMILES string of the molecule is CCC(Cc1cn[nH]n1)c1cccc(OC)c1O. The number of aromatic amines is 1. The molecule has 2 aromatic rings. The van der Waals surface area contributed by atoms with Crippen LogP contribution in [0.1, 0.15) is 30.5 Å². The standard InChI is InChI=1S/C13H17N3O2/c1-3-9(7-10-8-14-16-15-10)11-5-4-6-12(18-2)13(11)17/h4-6,8-9,17H,3,7H2,1-2H3,(H,14,15,16). The molecule has 96 valence electrons. The molecule has 0 aliphatic carbocycles. The van der Waals surface area contributed by atoms with Crippen molar-refractivity contribution in [2.24, 2.45) is 0 Å². The molecular weight excluding hydrogens is 230 g/mol. The maximum absolute atomic E-state index is 10.2. The first kappa shape index (κ1) is 12.4. The second-order valence-electron chi connectivity index (χ2n) is 4.17. The van der Waals surface area contributed by atoms with Crippen LogP contribution in [0, 0.1) is 0 Å². The number of nitrogens with zero attached hydrogens (tertiary/aromatic N) is 2.